The Balaban J connectivity index is 0.000000225. The highest BCUT2D eigenvalue weighted by Crippen LogP contribution is 2.39. The van der Waals surface area contributed by atoms with Gasteiger partial charge in [-0.2, -0.15) is 0 Å². The summed E-state index contributed by atoms with van der Waals surface area (Å²) in [5.74, 6) is 0. The minimum Gasteiger partial charge on any atom is -0.400 e. The summed E-state index contributed by atoms with van der Waals surface area (Å²) in [5.41, 5.74) is 0.744. The van der Waals surface area contributed by atoms with Crippen LogP contribution in [0, 0.1) is 0 Å². The van der Waals surface area contributed by atoms with Crippen molar-refractivity contribution in [1.82, 2.24) is 0 Å². The van der Waals surface area contributed by atoms with Crippen molar-refractivity contribution in [3.8, 4) is 0 Å². The quantitative estimate of drug-likeness (QED) is 0.693. The van der Waals surface area contributed by atoms with Crippen LogP contribution >= 0.6 is 0 Å². The molecule has 0 bridgehead atoms. The zero-order valence-corrected chi connectivity index (χ0v) is 13.6. The normalized spacial score (nSPS) is 27.6. The van der Waals surface area contributed by atoms with E-state index in [0.29, 0.717) is 6.61 Å². The molecule has 0 unspecified atom stereocenters. The maximum absolute atomic E-state index is 5.96. The number of rotatable bonds is 1. The summed E-state index contributed by atoms with van der Waals surface area (Å²) in [6.07, 6.45) is 2.99. The molecule has 0 N–H and O–H groups in total. The van der Waals surface area contributed by atoms with Crippen LogP contribution in [0.1, 0.15) is 34.1 Å². The average molecular weight is 298 g/mol. The van der Waals surface area contributed by atoms with Gasteiger partial charge in [0.25, 0.3) is 0 Å². The monoisotopic (exact) mass is 298 g/mol. The summed E-state index contributed by atoms with van der Waals surface area (Å²) in [4.78, 5) is 0. The Morgan fingerprint density at radius 2 is 1.33 bits per heavy atom. The molecule has 6 heteroatoms. The SMILES string of the molecule is C1COCCO1.CC1(C)OB(C2=CCOCC2)OC1(C)C. The Morgan fingerprint density at radius 3 is 1.71 bits per heavy atom. The third-order valence-corrected chi connectivity index (χ3v) is 4.30. The van der Waals surface area contributed by atoms with Crippen molar-refractivity contribution in [2.75, 3.05) is 39.6 Å². The van der Waals surface area contributed by atoms with Crippen LogP contribution in [0.4, 0.5) is 0 Å². The Hall–Kier alpha value is -0.395. The maximum atomic E-state index is 5.96. The summed E-state index contributed by atoms with van der Waals surface area (Å²) in [6, 6.07) is 0. The summed E-state index contributed by atoms with van der Waals surface area (Å²) < 4.78 is 27.1. The predicted octanol–water partition coefficient (Wildman–Crippen LogP) is 2.00. The molecule has 3 rings (SSSR count). The first-order chi connectivity index (χ1) is 9.92. The Labute approximate surface area is 128 Å². The van der Waals surface area contributed by atoms with Crippen LogP contribution in [0.25, 0.3) is 0 Å². The standard InChI is InChI=1S/C11H19BO3.C4H8O2/c1-10(2)11(3,4)15-12(14-10)9-5-7-13-8-6-9;1-2-6-4-3-5-1/h5H,6-8H2,1-4H3;1-4H2. The Bertz CT molecular complexity index is 336. The van der Waals surface area contributed by atoms with Crippen LogP contribution in [-0.2, 0) is 23.5 Å². The Kier molecular flexibility index (Phi) is 5.85. The number of ether oxygens (including phenoxy) is 3. The molecular weight excluding hydrogens is 271 g/mol. The lowest BCUT2D eigenvalue weighted by Crippen LogP contribution is -2.41. The lowest BCUT2D eigenvalue weighted by molar-refractivity contribution is -0.0334. The van der Waals surface area contributed by atoms with E-state index >= 15 is 0 Å². The van der Waals surface area contributed by atoms with Crippen molar-refractivity contribution in [3.63, 3.8) is 0 Å². The first kappa shape index (κ1) is 17.0. The lowest BCUT2D eigenvalue weighted by atomic mass is 9.75. The van der Waals surface area contributed by atoms with Crippen LogP contribution in [-0.4, -0.2) is 58.0 Å². The molecule has 5 nitrogen and oxygen atoms in total. The van der Waals surface area contributed by atoms with Crippen molar-refractivity contribution in [2.45, 2.75) is 45.3 Å². The van der Waals surface area contributed by atoms with Crippen LogP contribution in [0.5, 0.6) is 0 Å². The maximum Gasteiger partial charge on any atom is 0.490 e. The van der Waals surface area contributed by atoms with Gasteiger partial charge in [0.05, 0.1) is 50.8 Å². The minimum atomic E-state index is -0.239. The summed E-state index contributed by atoms with van der Waals surface area (Å²) >= 11 is 0. The van der Waals surface area contributed by atoms with E-state index in [4.69, 9.17) is 23.5 Å². The molecule has 0 atom stereocenters. The fourth-order valence-electron chi connectivity index (χ4n) is 2.19. The van der Waals surface area contributed by atoms with E-state index in [1.54, 1.807) is 0 Å². The third-order valence-electron chi connectivity index (χ3n) is 4.30. The zero-order chi connectivity index (χ0) is 15.3. The van der Waals surface area contributed by atoms with E-state index in [-0.39, 0.29) is 18.3 Å². The van der Waals surface area contributed by atoms with E-state index in [1.807, 2.05) is 0 Å². The molecule has 2 fully saturated rings. The van der Waals surface area contributed by atoms with Gasteiger partial charge in [0, 0.05) is 0 Å². The van der Waals surface area contributed by atoms with Crippen LogP contribution in [0.2, 0.25) is 0 Å². The molecule has 0 spiro atoms. The van der Waals surface area contributed by atoms with E-state index in [1.165, 1.54) is 5.47 Å². The minimum absolute atomic E-state index is 0.182. The molecule has 0 aromatic rings. The number of hydrogen-bond acceptors (Lipinski definition) is 5. The number of hydrogen-bond donors (Lipinski definition) is 0. The van der Waals surface area contributed by atoms with E-state index < -0.39 is 0 Å². The van der Waals surface area contributed by atoms with Crippen molar-refractivity contribution >= 4 is 7.12 Å². The van der Waals surface area contributed by atoms with Gasteiger partial charge in [-0.3, -0.25) is 0 Å². The molecule has 0 amide bonds. The predicted molar refractivity (Wildman–Crippen MR) is 81.2 cm³/mol. The lowest BCUT2D eigenvalue weighted by Gasteiger charge is -2.32. The summed E-state index contributed by atoms with van der Waals surface area (Å²) in [6.45, 7) is 12.9. The second-order valence-electron chi connectivity index (χ2n) is 6.42. The molecule has 3 aliphatic rings. The van der Waals surface area contributed by atoms with E-state index in [9.17, 15) is 0 Å². The summed E-state index contributed by atoms with van der Waals surface area (Å²) in [5, 5.41) is 0. The van der Waals surface area contributed by atoms with Crippen molar-refractivity contribution < 1.29 is 23.5 Å². The van der Waals surface area contributed by atoms with Crippen LogP contribution < -0.4 is 0 Å². The molecular formula is C15H27BO5. The van der Waals surface area contributed by atoms with E-state index in [2.05, 4.69) is 33.8 Å². The van der Waals surface area contributed by atoms with Crippen LogP contribution in [0.3, 0.4) is 0 Å². The molecule has 3 heterocycles. The molecule has 120 valence electrons. The molecule has 2 saturated heterocycles. The summed E-state index contributed by atoms with van der Waals surface area (Å²) in [7, 11) is -0.182. The van der Waals surface area contributed by atoms with Gasteiger partial charge in [0.1, 0.15) is 0 Å². The van der Waals surface area contributed by atoms with Gasteiger partial charge in [-0.15, -0.1) is 0 Å². The van der Waals surface area contributed by atoms with Gasteiger partial charge in [0.2, 0.25) is 0 Å². The zero-order valence-electron chi connectivity index (χ0n) is 13.6. The fraction of sp³-hybridized carbons (Fsp3) is 0.867. The van der Waals surface area contributed by atoms with Crippen molar-refractivity contribution in [3.05, 3.63) is 11.5 Å². The van der Waals surface area contributed by atoms with Gasteiger partial charge in [-0.25, -0.2) is 0 Å². The molecule has 0 aromatic carbocycles. The first-order valence-electron chi connectivity index (χ1n) is 7.70. The molecule has 21 heavy (non-hydrogen) atoms. The van der Waals surface area contributed by atoms with Gasteiger partial charge in [-0.1, -0.05) is 6.08 Å². The highest BCUT2D eigenvalue weighted by Gasteiger charge is 2.52. The molecule has 0 aliphatic carbocycles. The molecule has 3 aliphatic heterocycles. The molecule has 0 saturated carbocycles. The largest absolute Gasteiger partial charge is 0.490 e. The van der Waals surface area contributed by atoms with Gasteiger partial charge in [0.15, 0.2) is 0 Å². The van der Waals surface area contributed by atoms with Crippen LogP contribution in [0.15, 0.2) is 11.5 Å². The van der Waals surface area contributed by atoms with E-state index in [0.717, 1.165) is 39.5 Å². The van der Waals surface area contributed by atoms with Crippen molar-refractivity contribution in [2.24, 2.45) is 0 Å². The second kappa shape index (κ2) is 7.25. The second-order valence-corrected chi connectivity index (χ2v) is 6.42. The smallest absolute Gasteiger partial charge is 0.400 e. The van der Waals surface area contributed by atoms with Gasteiger partial charge in [-0.05, 0) is 39.6 Å². The first-order valence-corrected chi connectivity index (χ1v) is 7.70. The third kappa shape index (κ3) is 4.53. The van der Waals surface area contributed by atoms with Gasteiger partial charge >= 0.3 is 7.12 Å². The average Bonchev–Trinajstić information content (AvgIpc) is 2.71. The highest BCUT2D eigenvalue weighted by atomic mass is 16.7. The highest BCUT2D eigenvalue weighted by molar-refractivity contribution is 6.54. The van der Waals surface area contributed by atoms with Gasteiger partial charge < -0.3 is 23.5 Å². The Morgan fingerprint density at radius 1 is 0.810 bits per heavy atom. The van der Waals surface area contributed by atoms with Crippen molar-refractivity contribution in [1.29, 1.82) is 0 Å². The topological polar surface area (TPSA) is 46.2 Å². The fourth-order valence-corrected chi connectivity index (χ4v) is 2.19. The molecule has 0 radical (unpaired) electrons. The molecule has 0 aromatic heterocycles.